The van der Waals surface area contributed by atoms with Crippen molar-refractivity contribution in [1.29, 1.82) is 0 Å². The number of benzene rings is 1. The van der Waals surface area contributed by atoms with Gasteiger partial charge >= 0.3 is 0 Å². The fourth-order valence-electron chi connectivity index (χ4n) is 2.46. The van der Waals surface area contributed by atoms with Gasteiger partial charge in [-0.2, -0.15) is 0 Å². The summed E-state index contributed by atoms with van der Waals surface area (Å²) in [6.07, 6.45) is 0. The van der Waals surface area contributed by atoms with Crippen molar-refractivity contribution in [2.45, 2.75) is 20.4 Å². The number of nitrogens with two attached hydrogens (primary N) is 1. The Bertz CT molecular complexity index is 602. The number of ether oxygens (including phenoxy) is 2. The molecule has 0 atom stereocenters. The normalized spacial score (nSPS) is 13.1. The molecule has 4 nitrogen and oxygen atoms in total. The van der Waals surface area contributed by atoms with E-state index in [0.29, 0.717) is 13.3 Å². The first-order valence-electron chi connectivity index (χ1n) is 5.98. The van der Waals surface area contributed by atoms with Crippen molar-refractivity contribution in [3.05, 3.63) is 41.2 Å². The zero-order valence-electron chi connectivity index (χ0n) is 10.6. The lowest BCUT2D eigenvalue weighted by Crippen LogP contribution is -2.02. The summed E-state index contributed by atoms with van der Waals surface area (Å²) in [6.45, 7) is 5.03. The number of aromatic nitrogens is 1. The second-order valence-electron chi connectivity index (χ2n) is 4.47. The lowest BCUT2D eigenvalue weighted by atomic mass is 10.2. The van der Waals surface area contributed by atoms with E-state index in [9.17, 15) is 0 Å². The van der Waals surface area contributed by atoms with Gasteiger partial charge in [-0.3, -0.25) is 0 Å². The molecular formula is C14H16N2O2. The average molecular weight is 244 g/mol. The highest BCUT2D eigenvalue weighted by Crippen LogP contribution is 2.34. The monoisotopic (exact) mass is 244 g/mol. The van der Waals surface area contributed by atoms with Crippen LogP contribution < -0.4 is 15.2 Å². The van der Waals surface area contributed by atoms with Crippen LogP contribution >= 0.6 is 0 Å². The van der Waals surface area contributed by atoms with Gasteiger partial charge in [-0.1, -0.05) is 0 Å². The van der Waals surface area contributed by atoms with Gasteiger partial charge in [0.15, 0.2) is 11.5 Å². The van der Waals surface area contributed by atoms with Crippen LogP contribution in [-0.4, -0.2) is 11.4 Å². The molecule has 1 aromatic carbocycles. The maximum atomic E-state index is 5.74. The van der Waals surface area contributed by atoms with E-state index < -0.39 is 0 Å². The molecule has 3 rings (SSSR count). The first-order chi connectivity index (χ1) is 8.70. The Balaban J connectivity index is 2.12. The molecule has 0 spiro atoms. The zero-order valence-corrected chi connectivity index (χ0v) is 10.6. The Morgan fingerprint density at radius 2 is 1.94 bits per heavy atom. The molecule has 0 aliphatic carbocycles. The molecule has 1 aliphatic heterocycles. The molecule has 0 saturated heterocycles. The number of nitrogens with zero attached hydrogens (tertiary/aromatic N) is 1. The van der Waals surface area contributed by atoms with Crippen molar-refractivity contribution in [1.82, 2.24) is 4.57 Å². The zero-order chi connectivity index (χ0) is 12.7. The lowest BCUT2D eigenvalue weighted by molar-refractivity contribution is 0.174. The van der Waals surface area contributed by atoms with Crippen LogP contribution in [0.4, 0.5) is 0 Å². The van der Waals surface area contributed by atoms with Crippen LogP contribution in [0.2, 0.25) is 0 Å². The Morgan fingerprint density at radius 1 is 1.17 bits per heavy atom. The van der Waals surface area contributed by atoms with Gasteiger partial charge in [0.2, 0.25) is 6.79 Å². The van der Waals surface area contributed by atoms with Gasteiger partial charge in [0, 0.05) is 29.7 Å². The fraction of sp³-hybridized carbons (Fsp3) is 0.286. The van der Waals surface area contributed by atoms with E-state index in [-0.39, 0.29) is 0 Å². The summed E-state index contributed by atoms with van der Waals surface area (Å²) in [4.78, 5) is 0. The van der Waals surface area contributed by atoms with E-state index in [0.717, 1.165) is 17.2 Å². The van der Waals surface area contributed by atoms with Gasteiger partial charge in [0.1, 0.15) is 0 Å². The van der Waals surface area contributed by atoms with Crippen LogP contribution in [0.1, 0.15) is 17.0 Å². The van der Waals surface area contributed by atoms with E-state index in [1.165, 1.54) is 17.0 Å². The van der Waals surface area contributed by atoms with E-state index in [1.54, 1.807) is 0 Å². The second kappa shape index (κ2) is 4.07. The van der Waals surface area contributed by atoms with E-state index in [1.807, 2.05) is 18.2 Å². The van der Waals surface area contributed by atoms with Gasteiger partial charge in [0.05, 0.1) is 0 Å². The molecule has 0 amide bonds. The fourth-order valence-corrected chi connectivity index (χ4v) is 2.46. The smallest absolute Gasteiger partial charge is 0.231 e. The van der Waals surface area contributed by atoms with Crippen molar-refractivity contribution in [3.63, 3.8) is 0 Å². The summed E-state index contributed by atoms with van der Waals surface area (Å²) >= 11 is 0. The van der Waals surface area contributed by atoms with Crippen LogP contribution in [0, 0.1) is 13.8 Å². The number of hydrogen-bond donors (Lipinski definition) is 1. The molecule has 0 radical (unpaired) electrons. The molecule has 0 saturated carbocycles. The highest BCUT2D eigenvalue weighted by Gasteiger charge is 2.16. The first-order valence-corrected chi connectivity index (χ1v) is 5.98. The van der Waals surface area contributed by atoms with Gasteiger partial charge in [-0.25, -0.2) is 0 Å². The van der Waals surface area contributed by atoms with E-state index >= 15 is 0 Å². The van der Waals surface area contributed by atoms with Crippen LogP contribution in [-0.2, 0) is 6.54 Å². The minimum atomic E-state index is 0.302. The third-order valence-electron chi connectivity index (χ3n) is 3.37. The number of fused-ring (bicyclic) bond motifs is 1. The maximum absolute atomic E-state index is 5.74. The Kier molecular flexibility index (Phi) is 2.52. The summed E-state index contributed by atoms with van der Waals surface area (Å²) < 4.78 is 12.9. The van der Waals surface area contributed by atoms with Gasteiger partial charge in [-0.15, -0.1) is 0 Å². The molecule has 0 fully saturated rings. The van der Waals surface area contributed by atoms with Crippen LogP contribution in [0.25, 0.3) is 5.69 Å². The Hall–Kier alpha value is -1.94. The van der Waals surface area contributed by atoms with E-state index in [4.69, 9.17) is 15.2 Å². The first kappa shape index (κ1) is 11.2. The standard InChI is InChI=1S/C14H16N2O2/c1-9-5-11(7-15)10(2)16(9)12-3-4-13-14(6-12)18-8-17-13/h3-6H,7-8,15H2,1-2H3. The Morgan fingerprint density at radius 3 is 2.67 bits per heavy atom. The maximum Gasteiger partial charge on any atom is 0.231 e. The van der Waals surface area contributed by atoms with Crippen molar-refractivity contribution in [3.8, 4) is 17.2 Å². The van der Waals surface area contributed by atoms with Crippen molar-refractivity contribution in [2.75, 3.05) is 6.79 Å². The van der Waals surface area contributed by atoms with E-state index in [2.05, 4.69) is 24.5 Å². The molecular weight excluding hydrogens is 228 g/mol. The minimum Gasteiger partial charge on any atom is -0.454 e. The minimum absolute atomic E-state index is 0.302. The predicted molar refractivity (Wildman–Crippen MR) is 69.3 cm³/mol. The summed E-state index contributed by atoms with van der Waals surface area (Å²) in [5.74, 6) is 1.61. The van der Waals surface area contributed by atoms with Gasteiger partial charge < -0.3 is 19.8 Å². The van der Waals surface area contributed by atoms with Crippen LogP contribution in [0.15, 0.2) is 24.3 Å². The summed E-state index contributed by atoms with van der Waals surface area (Å²) in [6, 6.07) is 8.11. The van der Waals surface area contributed by atoms with Crippen LogP contribution in [0.3, 0.4) is 0 Å². The van der Waals surface area contributed by atoms with Crippen molar-refractivity contribution >= 4 is 0 Å². The predicted octanol–water partition coefficient (Wildman–Crippen LogP) is 2.28. The third kappa shape index (κ3) is 1.57. The largest absolute Gasteiger partial charge is 0.454 e. The summed E-state index contributed by atoms with van der Waals surface area (Å²) in [5.41, 5.74) is 10.3. The van der Waals surface area contributed by atoms with Crippen molar-refractivity contribution in [2.24, 2.45) is 5.73 Å². The molecule has 2 heterocycles. The average Bonchev–Trinajstić information content (AvgIpc) is 2.93. The molecule has 2 aromatic rings. The lowest BCUT2D eigenvalue weighted by Gasteiger charge is -2.10. The second-order valence-corrected chi connectivity index (χ2v) is 4.47. The molecule has 0 unspecified atom stereocenters. The molecule has 18 heavy (non-hydrogen) atoms. The highest BCUT2D eigenvalue weighted by atomic mass is 16.7. The van der Waals surface area contributed by atoms with Crippen molar-refractivity contribution < 1.29 is 9.47 Å². The summed E-state index contributed by atoms with van der Waals surface area (Å²) in [5, 5.41) is 0. The molecule has 2 N–H and O–H groups in total. The third-order valence-corrected chi connectivity index (χ3v) is 3.37. The highest BCUT2D eigenvalue weighted by molar-refractivity contribution is 5.52. The van der Waals surface area contributed by atoms with Crippen LogP contribution in [0.5, 0.6) is 11.5 Å². The quantitative estimate of drug-likeness (QED) is 0.881. The number of rotatable bonds is 2. The SMILES string of the molecule is Cc1cc(CN)c(C)n1-c1ccc2c(c1)OCO2. The Labute approximate surface area is 106 Å². The van der Waals surface area contributed by atoms with Gasteiger partial charge in [-0.05, 0) is 37.6 Å². The molecule has 0 bridgehead atoms. The molecule has 1 aliphatic rings. The topological polar surface area (TPSA) is 49.4 Å². The molecule has 1 aromatic heterocycles. The number of aryl methyl sites for hydroxylation is 1. The molecule has 94 valence electrons. The van der Waals surface area contributed by atoms with Gasteiger partial charge in [0.25, 0.3) is 0 Å². The summed E-state index contributed by atoms with van der Waals surface area (Å²) in [7, 11) is 0. The molecule has 4 heteroatoms. The number of hydrogen-bond acceptors (Lipinski definition) is 3.